The largest absolute Gasteiger partial charge is 0.329 e. The Morgan fingerprint density at radius 3 is 3.00 bits per heavy atom. The molecule has 2 heteroatoms. The van der Waals surface area contributed by atoms with E-state index in [-0.39, 0.29) is 0 Å². The van der Waals surface area contributed by atoms with Gasteiger partial charge in [-0.3, -0.25) is 0 Å². The first-order valence-corrected chi connectivity index (χ1v) is 5.70. The van der Waals surface area contributed by atoms with Gasteiger partial charge in [-0.05, 0) is 43.5 Å². The van der Waals surface area contributed by atoms with Crippen molar-refractivity contribution in [2.75, 3.05) is 20.1 Å². The van der Waals surface area contributed by atoms with E-state index in [9.17, 15) is 0 Å². The van der Waals surface area contributed by atoms with Crippen LogP contribution in [0.3, 0.4) is 0 Å². The molecule has 2 nitrogen and oxygen atoms in total. The maximum atomic E-state index is 5.82. The lowest BCUT2D eigenvalue weighted by atomic mass is 9.96. The summed E-state index contributed by atoms with van der Waals surface area (Å²) in [7, 11) is 2.18. The number of benzene rings is 1. The minimum atomic E-state index is 0.507. The van der Waals surface area contributed by atoms with Crippen LogP contribution in [-0.4, -0.2) is 31.1 Å². The van der Waals surface area contributed by atoms with Gasteiger partial charge in [-0.1, -0.05) is 18.2 Å². The van der Waals surface area contributed by atoms with E-state index in [1.165, 1.54) is 11.1 Å². The fourth-order valence-corrected chi connectivity index (χ4v) is 2.46. The third-order valence-electron chi connectivity index (χ3n) is 3.57. The molecule has 0 saturated heterocycles. The Morgan fingerprint density at radius 2 is 2.27 bits per heavy atom. The summed E-state index contributed by atoms with van der Waals surface area (Å²) >= 11 is 0. The topological polar surface area (TPSA) is 29.3 Å². The van der Waals surface area contributed by atoms with Crippen LogP contribution in [0.2, 0.25) is 0 Å². The van der Waals surface area contributed by atoms with Gasteiger partial charge in [-0.2, -0.15) is 0 Å². The standard InChI is InChI=1S/C13H20N2/c1-10-4-3-5-11-8-12(9-14)15(2)7-6-13(10)11/h3-5,12H,6-9,14H2,1-2H3. The van der Waals surface area contributed by atoms with Crippen LogP contribution < -0.4 is 5.73 Å². The highest BCUT2D eigenvalue weighted by molar-refractivity contribution is 5.36. The number of likely N-dealkylation sites (N-methyl/N-ethyl adjacent to an activating group) is 1. The Labute approximate surface area is 92.1 Å². The maximum absolute atomic E-state index is 5.82. The number of fused-ring (bicyclic) bond motifs is 1. The molecule has 0 fully saturated rings. The number of aryl methyl sites for hydroxylation is 1. The molecule has 15 heavy (non-hydrogen) atoms. The normalized spacial score (nSPS) is 22.2. The van der Waals surface area contributed by atoms with Gasteiger partial charge in [-0.25, -0.2) is 0 Å². The monoisotopic (exact) mass is 204 g/mol. The predicted molar refractivity (Wildman–Crippen MR) is 64.1 cm³/mol. The second kappa shape index (κ2) is 4.33. The van der Waals surface area contributed by atoms with Gasteiger partial charge in [-0.15, -0.1) is 0 Å². The lowest BCUT2D eigenvalue weighted by Crippen LogP contribution is -2.39. The lowest BCUT2D eigenvalue weighted by Gasteiger charge is -2.23. The average Bonchev–Trinajstić information content (AvgIpc) is 2.39. The molecule has 1 atom stereocenters. The van der Waals surface area contributed by atoms with Gasteiger partial charge in [0.05, 0.1) is 0 Å². The first kappa shape index (κ1) is 10.7. The van der Waals surface area contributed by atoms with Crippen molar-refractivity contribution in [3.05, 3.63) is 34.9 Å². The molecular weight excluding hydrogens is 184 g/mol. The molecule has 1 aliphatic heterocycles. The van der Waals surface area contributed by atoms with E-state index in [1.54, 1.807) is 5.56 Å². The highest BCUT2D eigenvalue weighted by atomic mass is 15.1. The second-order valence-electron chi connectivity index (χ2n) is 4.54. The molecule has 0 radical (unpaired) electrons. The smallest absolute Gasteiger partial charge is 0.0255 e. The van der Waals surface area contributed by atoms with Gasteiger partial charge in [0.2, 0.25) is 0 Å². The van der Waals surface area contributed by atoms with E-state index in [0.29, 0.717) is 6.04 Å². The SMILES string of the molecule is Cc1cccc2c1CCN(C)C(CN)C2. The molecule has 0 aromatic heterocycles. The molecule has 0 spiro atoms. The van der Waals surface area contributed by atoms with Crippen LogP contribution in [0.4, 0.5) is 0 Å². The minimum Gasteiger partial charge on any atom is -0.329 e. The zero-order chi connectivity index (χ0) is 10.8. The molecule has 1 heterocycles. The third kappa shape index (κ3) is 2.06. The highest BCUT2D eigenvalue weighted by Gasteiger charge is 2.20. The van der Waals surface area contributed by atoms with E-state index < -0.39 is 0 Å². The summed E-state index contributed by atoms with van der Waals surface area (Å²) in [5.74, 6) is 0. The Morgan fingerprint density at radius 1 is 1.47 bits per heavy atom. The third-order valence-corrected chi connectivity index (χ3v) is 3.57. The Bertz CT molecular complexity index is 346. The van der Waals surface area contributed by atoms with Crippen LogP contribution >= 0.6 is 0 Å². The molecule has 1 unspecified atom stereocenters. The van der Waals surface area contributed by atoms with Gasteiger partial charge in [0.25, 0.3) is 0 Å². The van der Waals surface area contributed by atoms with Gasteiger partial charge in [0.1, 0.15) is 0 Å². The molecule has 1 aromatic carbocycles. The average molecular weight is 204 g/mol. The maximum Gasteiger partial charge on any atom is 0.0255 e. The molecule has 0 aliphatic carbocycles. The summed E-state index contributed by atoms with van der Waals surface area (Å²) in [5.41, 5.74) is 10.3. The van der Waals surface area contributed by atoms with Gasteiger partial charge in [0.15, 0.2) is 0 Å². The molecule has 0 bridgehead atoms. The summed E-state index contributed by atoms with van der Waals surface area (Å²) in [4.78, 5) is 2.39. The highest BCUT2D eigenvalue weighted by Crippen LogP contribution is 2.21. The Kier molecular flexibility index (Phi) is 3.08. The van der Waals surface area contributed by atoms with Crippen LogP contribution in [0.25, 0.3) is 0 Å². The van der Waals surface area contributed by atoms with Crippen molar-refractivity contribution in [1.82, 2.24) is 4.90 Å². The number of hydrogen-bond acceptors (Lipinski definition) is 2. The van der Waals surface area contributed by atoms with Crippen molar-refractivity contribution in [3.63, 3.8) is 0 Å². The summed E-state index contributed by atoms with van der Waals surface area (Å²) in [6, 6.07) is 7.13. The van der Waals surface area contributed by atoms with Crippen molar-refractivity contribution in [3.8, 4) is 0 Å². The van der Waals surface area contributed by atoms with Crippen molar-refractivity contribution < 1.29 is 0 Å². The molecule has 0 saturated carbocycles. The van der Waals surface area contributed by atoms with Crippen molar-refractivity contribution in [2.45, 2.75) is 25.8 Å². The quantitative estimate of drug-likeness (QED) is 0.748. The fraction of sp³-hybridized carbons (Fsp3) is 0.538. The van der Waals surface area contributed by atoms with Crippen LogP contribution in [-0.2, 0) is 12.8 Å². The van der Waals surface area contributed by atoms with E-state index in [0.717, 1.165) is 25.9 Å². The predicted octanol–water partition coefficient (Wildman–Crippen LogP) is 1.35. The van der Waals surface area contributed by atoms with E-state index in [4.69, 9.17) is 5.73 Å². The number of nitrogens with zero attached hydrogens (tertiary/aromatic N) is 1. The van der Waals surface area contributed by atoms with E-state index in [2.05, 4.69) is 37.1 Å². The van der Waals surface area contributed by atoms with Gasteiger partial charge in [0, 0.05) is 19.1 Å². The van der Waals surface area contributed by atoms with E-state index >= 15 is 0 Å². The van der Waals surface area contributed by atoms with Crippen LogP contribution in [0.5, 0.6) is 0 Å². The van der Waals surface area contributed by atoms with Gasteiger partial charge >= 0.3 is 0 Å². The Hall–Kier alpha value is -0.860. The summed E-state index contributed by atoms with van der Waals surface area (Å²) in [6.07, 6.45) is 2.26. The zero-order valence-electron chi connectivity index (χ0n) is 9.66. The molecule has 2 rings (SSSR count). The van der Waals surface area contributed by atoms with Crippen molar-refractivity contribution in [2.24, 2.45) is 5.73 Å². The van der Waals surface area contributed by atoms with Crippen LogP contribution in [0, 0.1) is 6.92 Å². The summed E-state index contributed by atoms with van der Waals surface area (Å²) in [5, 5.41) is 0. The second-order valence-corrected chi connectivity index (χ2v) is 4.54. The number of hydrogen-bond donors (Lipinski definition) is 1. The van der Waals surface area contributed by atoms with E-state index in [1.807, 2.05) is 0 Å². The van der Waals surface area contributed by atoms with Crippen molar-refractivity contribution in [1.29, 1.82) is 0 Å². The van der Waals surface area contributed by atoms with Crippen LogP contribution in [0.15, 0.2) is 18.2 Å². The van der Waals surface area contributed by atoms with Gasteiger partial charge < -0.3 is 10.6 Å². The van der Waals surface area contributed by atoms with Crippen LogP contribution in [0.1, 0.15) is 16.7 Å². The molecule has 82 valence electrons. The molecule has 1 aliphatic rings. The molecule has 0 amide bonds. The fourth-order valence-electron chi connectivity index (χ4n) is 2.46. The molecule has 2 N–H and O–H groups in total. The number of nitrogens with two attached hydrogens (primary N) is 1. The Balaban J connectivity index is 2.34. The summed E-state index contributed by atoms with van der Waals surface area (Å²) < 4.78 is 0. The molecular formula is C13H20N2. The first-order chi connectivity index (χ1) is 7.22. The zero-order valence-corrected chi connectivity index (χ0v) is 9.66. The minimum absolute atomic E-state index is 0.507. The summed E-state index contributed by atoms with van der Waals surface area (Å²) in [6.45, 7) is 4.09. The molecule has 1 aromatic rings. The first-order valence-electron chi connectivity index (χ1n) is 5.70. The van der Waals surface area contributed by atoms with Crippen molar-refractivity contribution >= 4 is 0 Å². The number of rotatable bonds is 1. The lowest BCUT2D eigenvalue weighted by molar-refractivity contribution is 0.256.